The number of hydrogen-bond acceptors (Lipinski definition) is 4. The molecule has 22 heavy (non-hydrogen) atoms. The molecule has 0 bridgehead atoms. The monoisotopic (exact) mass is 329 g/mol. The molecule has 0 aliphatic carbocycles. The van der Waals surface area contributed by atoms with Crippen LogP contribution in [-0.4, -0.2) is 50.7 Å². The van der Waals surface area contributed by atoms with E-state index < -0.39 is 21.4 Å². The number of benzene rings is 1. The van der Waals surface area contributed by atoms with Gasteiger partial charge in [0.25, 0.3) is 0 Å². The number of hydrogen-bond donors (Lipinski definition) is 0. The SMILES string of the molecule is CCOC1CCOC2(C1)CN(S(=O)(=O)c1cccc(F)c1)C2. The lowest BCUT2D eigenvalue weighted by Gasteiger charge is -2.52. The first kappa shape index (κ1) is 15.9. The van der Waals surface area contributed by atoms with Crippen molar-refractivity contribution in [2.75, 3.05) is 26.3 Å². The number of rotatable bonds is 4. The average molecular weight is 329 g/mol. The van der Waals surface area contributed by atoms with Crippen LogP contribution >= 0.6 is 0 Å². The van der Waals surface area contributed by atoms with Crippen molar-refractivity contribution in [3.63, 3.8) is 0 Å². The van der Waals surface area contributed by atoms with Gasteiger partial charge in [0.2, 0.25) is 10.0 Å². The Morgan fingerprint density at radius 3 is 2.91 bits per heavy atom. The number of ether oxygens (including phenoxy) is 2. The first-order chi connectivity index (χ1) is 10.5. The highest BCUT2D eigenvalue weighted by atomic mass is 32.2. The predicted molar refractivity (Wildman–Crippen MR) is 78.5 cm³/mol. The highest BCUT2D eigenvalue weighted by Gasteiger charge is 2.52. The van der Waals surface area contributed by atoms with Gasteiger partial charge in [-0.25, -0.2) is 12.8 Å². The van der Waals surface area contributed by atoms with Crippen molar-refractivity contribution in [2.45, 2.75) is 36.4 Å². The maximum absolute atomic E-state index is 13.2. The van der Waals surface area contributed by atoms with Gasteiger partial charge in [-0.15, -0.1) is 0 Å². The van der Waals surface area contributed by atoms with E-state index in [0.717, 1.165) is 12.5 Å². The molecule has 0 N–H and O–H groups in total. The minimum Gasteiger partial charge on any atom is -0.378 e. The van der Waals surface area contributed by atoms with E-state index in [0.29, 0.717) is 32.7 Å². The van der Waals surface area contributed by atoms with E-state index in [-0.39, 0.29) is 11.0 Å². The van der Waals surface area contributed by atoms with Crippen LogP contribution in [-0.2, 0) is 19.5 Å². The zero-order chi connectivity index (χ0) is 15.8. The number of halogens is 1. The molecular formula is C15H20FNO4S. The summed E-state index contributed by atoms with van der Waals surface area (Å²) >= 11 is 0. The molecule has 3 rings (SSSR count). The van der Waals surface area contributed by atoms with E-state index in [2.05, 4.69) is 0 Å². The second kappa shape index (κ2) is 5.88. The molecule has 1 atom stereocenters. The molecule has 0 aromatic heterocycles. The maximum atomic E-state index is 13.2. The molecule has 1 unspecified atom stereocenters. The fourth-order valence-corrected chi connectivity index (χ4v) is 4.74. The smallest absolute Gasteiger partial charge is 0.243 e. The summed E-state index contributed by atoms with van der Waals surface area (Å²) < 4.78 is 51.0. The average Bonchev–Trinajstić information content (AvgIpc) is 2.45. The molecule has 2 fully saturated rings. The van der Waals surface area contributed by atoms with Gasteiger partial charge in [-0.3, -0.25) is 0 Å². The minimum absolute atomic E-state index is 0.0143. The topological polar surface area (TPSA) is 55.8 Å². The third-order valence-corrected chi connectivity index (χ3v) is 6.00. The van der Waals surface area contributed by atoms with E-state index in [1.54, 1.807) is 0 Å². The van der Waals surface area contributed by atoms with Gasteiger partial charge in [0.1, 0.15) is 5.82 Å². The minimum atomic E-state index is -3.66. The molecule has 2 heterocycles. The van der Waals surface area contributed by atoms with E-state index in [4.69, 9.17) is 9.47 Å². The lowest BCUT2D eigenvalue weighted by Crippen LogP contribution is -2.67. The van der Waals surface area contributed by atoms with Gasteiger partial charge < -0.3 is 9.47 Å². The molecule has 1 spiro atoms. The Labute approximate surface area is 130 Å². The van der Waals surface area contributed by atoms with Crippen LogP contribution in [0.3, 0.4) is 0 Å². The quantitative estimate of drug-likeness (QED) is 0.845. The van der Waals surface area contributed by atoms with Gasteiger partial charge in [-0.1, -0.05) is 6.07 Å². The van der Waals surface area contributed by atoms with Crippen LogP contribution in [0.5, 0.6) is 0 Å². The van der Waals surface area contributed by atoms with Gasteiger partial charge in [0, 0.05) is 32.7 Å². The molecule has 2 aliphatic heterocycles. The van der Waals surface area contributed by atoms with Crippen LogP contribution in [0.2, 0.25) is 0 Å². The molecule has 7 heteroatoms. The van der Waals surface area contributed by atoms with E-state index >= 15 is 0 Å². The molecule has 0 radical (unpaired) electrons. The van der Waals surface area contributed by atoms with Crippen molar-refractivity contribution in [1.29, 1.82) is 0 Å². The molecule has 0 saturated carbocycles. The standard InChI is InChI=1S/C15H20FNO4S/c1-2-20-13-6-7-21-15(9-13)10-17(11-15)22(18,19)14-5-3-4-12(16)8-14/h3-5,8,13H,2,6-7,9-11H2,1H3. The zero-order valence-corrected chi connectivity index (χ0v) is 13.3. The van der Waals surface area contributed by atoms with Crippen LogP contribution in [0.1, 0.15) is 19.8 Å². The molecule has 2 aliphatic rings. The highest BCUT2D eigenvalue weighted by molar-refractivity contribution is 7.89. The molecule has 5 nitrogen and oxygen atoms in total. The summed E-state index contributed by atoms with van der Waals surface area (Å²) in [5.41, 5.74) is -0.446. The summed E-state index contributed by atoms with van der Waals surface area (Å²) in [5, 5.41) is 0. The molecule has 122 valence electrons. The maximum Gasteiger partial charge on any atom is 0.243 e. The Morgan fingerprint density at radius 1 is 1.45 bits per heavy atom. The van der Waals surface area contributed by atoms with Crippen LogP contribution in [0, 0.1) is 5.82 Å². The highest BCUT2D eigenvalue weighted by Crippen LogP contribution is 2.38. The zero-order valence-electron chi connectivity index (χ0n) is 12.5. The summed E-state index contributed by atoms with van der Waals surface area (Å²) in [5.74, 6) is -0.554. The molecule has 0 amide bonds. The van der Waals surface area contributed by atoms with Gasteiger partial charge in [-0.2, -0.15) is 4.31 Å². The molecule has 1 aromatic rings. The predicted octanol–water partition coefficient (Wildman–Crippen LogP) is 1.78. The van der Waals surface area contributed by atoms with Crippen LogP contribution < -0.4 is 0 Å². The van der Waals surface area contributed by atoms with Crippen molar-refractivity contribution < 1.29 is 22.3 Å². The van der Waals surface area contributed by atoms with Gasteiger partial charge in [-0.05, 0) is 31.5 Å². The number of sulfonamides is 1. The van der Waals surface area contributed by atoms with Crippen LogP contribution in [0.4, 0.5) is 4.39 Å². The van der Waals surface area contributed by atoms with E-state index in [1.165, 1.54) is 22.5 Å². The normalized spacial score (nSPS) is 25.1. The Kier molecular flexibility index (Phi) is 4.24. The van der Waals surface area contributed by atoms with E-state index in [1.807, 2.05) is 6.92 Å². The van der Waals surface area contributed by atoms with Crippen molar-refractivity contribution in [3.8, 4) is 0 Å². The first-order valence-corrected chi connectivity index (χ1v) is 8.90. The summed E-state index contributed by atoms with van der Waals surface area (Å²) in [4.78, 5) is -0.0143. The van der Waals surface area contributed by atoms with Crippen LogP contribution in [0.15, 0.2) is 29.2 Å². The molecular weight excluding hydrogens is 309 g/mol. The summed E-state index contributed by atoms with van der Waals surface area (Å²) in [6, 6.07) is 5.09. The number of nitrogens with zero attached hydrogens (tertiary/aromatic N) is 1. The van der Waals surface area contributed by atoms with Crippen molar-refractivity contribution in [3.05, 3.63) is 30.1 Å². The summed E-state index contributed by atoms with van der Waals surface area (Å²) in [7, 11) is -3.66. The summed E-state index contributed by atoms with van der Waals surface area (Å²) in [6.45, 7) is 3.78. The summed E-state index contributed by atoms with van der Waals surface area (Å²) in [6.07, 6.45) is 1.67. The van der Waals surface area contributed by atoms with Crippen molar-refractivity contribution in [1.82, 2.24) is 4.31 Å². The third-order valence-electron chi connectivity index (χ3n) is 4.21. The molecule has 1 aromatic carbocycles. The van der Waals surface area contributed by atoms with Crippen molar-refractivity contribution in [2.24, 2.45) is 0 Å². The Morgan fingerprint density at radius 2 is 2.23 bits per heavy atom. The Hall–Kier alpha value is -1.02. The first-order valence-electron chi connectivity index (χ1n) is 7.46. The Bertz CT molecular complexity index is 641. The van der Waals surface area contributed by atoms with Gasteiger partial charge in [0.05, 0.1) is 16.6 Å². The van der Waals surface area contributed by atoms with Gasteiger partial charge >= 0.3 is 0 Å². The fraction of sp³-hybridized carbons (Fsp3) is 0.600. The third kappa shape index (κ3) is 2.90. The second-order valence-corrected chi connectivity index (χ2v) is 7.77. The lowest BCUT2D eigenvalue weighted by molar-refractivity contribution is -0.177. The molecule has 2 saturated heterocycles. The van der Waals surface area contributed by atoms with Crippen molar-refractivity contribution >= 4 is 10.0 Å². The van der Waals surface area contributed by atoms with Crippen LogP contribution in [0.25, 0.3) is 0 Å². The second-order valence-electron chi connectivity index (χ2n) is 5.83. The van der Waals surface area contributed by atoms with E-state index in [9.17, 15) is 12.8 Å². The van der Waals surface area contributed by atoms with Gasteiger partial charge in [0.15, 0.2) is 0 Å². The largest absolute Gasteiger partial charge is 0.378 e. The lowest BCUT2D eigenvalue weighted by atomic mass is 9.86. The Balaban J connectivity index is 1.70. The fourth-order valence-electron chi connectivity index (χ4n) is 3.12.